The highest BCUT2D eigenvalue weighted by molar-refractivity contribution is 5.76. The minimum absolute atomic E-state index is 0.220. The van der Waals surface area contributed by atoms with E-state index in [0.717, 1.165) is 44.7 Å². The average Bonchev–Trinajstić information content (AvgIpc) is 3.14. The van der Waals surface area contributed by atoms with Crippen molar-refractivity contribution in [3.8, 4) is 0 Å². The summed E-state index contributed by atoms with van der Waals surface area (Å²) in [6, 6.07) is 0. The van der Waals surface area contributed by atoms with Crippen LogP contribution in [0.3, 0.4) is 0 Å². The molecule has 0 aromatic carbocycles. The van der Waals surface area contributed by atoms with E-state index in [1.54, 1.807) is 0 Å². The van der Waals surface area contributed by atoms with E-state index in [1.807, 2.05) is 4.90 Å². The lowest BCUT2D eigenvalue weighted by molar-refractivity contribution is -0.130. The second kappa shape index (κ2) is 5.72. The van der Waals surface area contributed by atoms with E-state index in [9.17, 15) is 4.79 Å². The summed E-state index contributed by atoms with van der Waals surface area (Å²) in [5.74, 6) is 2.07. The highest BCUT2D eigenvalue weighted by Gasteiger charge is 2.23. The fourth-order valence-electron chi connectivity index (χ4n) is 3.04. The molecule has 1 amide bonds. The van der Waals surface area contributed by atoms with Gasteiger partial charge in [-0.15, -0.1) is 10.2 Å². The van der Waals surface area contributed by atoms with Crippen LogP contribution in [0.5, 0.6) is 0 Å². The first-order chi connectivity index (χ1) is 9.33. The van der Waals surface area contributed by atoms with E-state index in [2.05, 4.69) is 10.2 Å². The normalized spacial score (nSPS) is 20.3. The topological polar surface area (TPSA) is 59.2 Å². The van der Waals surface area contributed by atoms with Crippen molar-refractivity contribution in [2.45, 2.75) is 57.3 Å². The number of aromatic nitrogens is 2. The number of carbonyl (C=O) groups excluding carboxylic acids is 1. The Hall–Kier alpha value is -1.39. The molecule has 1 aliphatic heterocycles. The fraction of sp³-hybridized carbons (Fsp3) is 0.786. The number of hydrogen-bond donors (Lipinski definition) is 0. The second-order valence-electron chi connectivity index (χ2n) is 5.60. The Kier molecular flexibility index (Phi) is 3.80. The third kappa shape index (κ3) is 2.96. The largest absolute Gasteiger partial charge is 0.425 e. The van der Waals surface area contributed by atoms with Crippen LogP contribution in [-0.2, 0) is 11.2 Å². The zero-order valence-electron chi connectivity index (χ0n) is 11.3. The van der Waals surface area contributed by atoms with Crippen molar-refractivity contribution >= 4 is 5.91 Å². The Balaban J connectivity index is 1.51. The molecule has 1 saturated heterocycles. The van der Waals surface area contributed by atoms with Gasteiger partial charge in [-0.3, -0.25) is 4.79 Å². The minimum atomic E-state index is 0.220. The molecule has 19 heavy (non-hydrogen) atoms. The van der Waals surface area contributed by atoms with Crippen LogP contribution in [0.2, 0.25) is 0 Å². The van der Waals surface area contributed by atoms with Gasteiger partial charge >= 0.3 is 0 Å². The van der Waals surface area contributed by atoms with Crippen molar-refractivity contribution in [1.82, 2.24) is 15.1 Å². The molecule has 3 rings (SSSR count). The monoisotopic (exact) mass is 263 g/mol. The van der Waals surface area contributed by atoms with Gasteiger partial charge in [0, 0.05) is 31.8 Å². The van der Waals surface area contributed by atoms with E-state index in [-0.39, 0.29) is 5.91 Å². The van der Waals surface area contributed by atoms with Crippen LogP contribution in [0.25, 0.3) is 0 Å². The zero-order valence-corrected chi connectivity index (χ0v) is 11.3. The molecule has 0 N–H and O–H groups in total. The maximum absolute atomic E-state index is 11.9. The van der Waals surface area contributed by atoms with Gasteiger partial charge in [0.15, 0.2) is 0 Å². The van der Waals surface area contributed by atoms with Gasteiger partial charge in [0.2, 0.25) is 17.7 Å². The number of rotatable bonds is 4. The summed E-state index contributed by atoms with van der Waals surface area (Å²) in [5, 5.41) is 8.20. The first-order valence-corrected chi connectivity index (χ1v) is 7.43. The molecule has 1 saturated carbocycles. The van der Waals surface area contributed by atoms with Crippen LogP contribution in [0, 0.1) is 0 Å². The lowest BCUT2D eigenvalue weighted by Crippen LogP contribution is -2.27. The third-order valence-corrected chi connectivity index (χ3v) is 4.20. The Morgan fingerprint density at radius 2 is 1.89 bits per heavy atom. The van der Waals surface area contributed by atoms with Gasteiger partial charge in [0.05, 0.1) is 0 Å². The van der Waals surface area contributed by atoms with Crippen LogP contribution in [0.15, 0.2) is 4.42 Å². The molecule has 5 heteroatoms. The summed E-state index contributed by atoms with van der Waals surface area (Å²) in [6.07, 6.45) is 8.19. The molecule has 1 aromatic heterocycles. The van der Waals surface area contributed by atoms with Gasteiger partial charge in [-0.05, 0) is 25.7 Å². The summed E-state index contributed by atoms with van der Waals surface area (Å²) in [7, 11) is 0. The van der Waals surface area contributed by atoms with Crippen LogP contribution < -0.4 is 0 Å². The summed E-state index contributed by atoms with van der Waals surface area (Å²) in [4.78, 5) is 13.9. The summed E-state index contributed by atoms with van der Waals surface area (Å²) >= 11 is 0. The SMILES string of the molecule is O=C(CCc1nnc(C2CCCC2)o1)N1CCCC1. The number of hydrogen-bond acceptors (Lipinski definition) is 4. The molecule has 0 bridgehead atoms. The molecule has 2 fully saturated rings. The first-order valence-electron chi connectivity index (χ1n) is 7.43. The Morgan fingerprint density at radius 3 is 2.63 bits per heavy atom. The van der Waals surface area contributed by atoms with Gasteiger partial charge in [-0.25, -0.2) is 0 Å². The van der Waals surface area contributed by atoms with Gasteiger partial charge in [-0.2, -0.15) is 0 Å². The molecule has 0 spiro atoms. The third-order valence-electron chi connectivity index (χ3n) is 4.20. The molecule has 2 heterocycles. The van der Waals surface area contributed by atoms with Crippen molar-refractivity contribution in [2.75, 3.05) is 13.1 Å². The molecule has 5 nitrogen and oxygen atoms in total. The van der Waals surface area contributed by atoms with Gasteiger partial charge in [0.1, 0.15) is 0 Å². The quantitative estimate of drug-likeness (QED) is 0.836. The molecule has 104 valence electrons. The van der Waals surface area contributed by atoms with Crippen LogP contribution in [0.1, 0.15) is 62.6 Å². The van der Waals surface area contributed by atoms with Crippen molar-refractivity contribution < 1.29 is 9.21 Å². The Morgan fingerprint density at radius 1 is 1.16 bits per heavy atom. The molecular weight excluding hydrogens is 242 g/mol. The number of nitrogens with zero attached hydrogens (tertiary/aromatic N) is 3. The van der Waals surface area contributed by atoms with Gasteiger partial charge < -0.3 is 9.32 Å². The first kappa shape index (κ1) is 12.6. The molecule has 1 aliphatic carbocycles. The van der Waals surface area contributed by atoms with Crippen molar-refractivity contribution in [3.63, 3.8) is 0 Å². The van der Waals surface area contributed by atoms with E-state index in [1.165, 1.54) is 12.8 Å². The highest BCUT2D eigenvalue weighted by atomic mass is 16.4. The minimum Gasteiger partial charge on any atom is -0.425 e. The maximum atomic E-state index is 11.9. The molecule has 0 atom stereocenters. The predicted octanol–water partition coefficient (Wildman–Crippen LogP) is 2.28. The standard InChI is InChI=1S/C14H21N3O2/c18-13(17-9-3-4-10-17)8-7-12-15-16-14(19-12)11-5-1-2-6-11/h11H,1-10H2. The average molecular weight is 263 g/mol. The lowest BCUT2D eigenvalue weighted by Gasteiger charge is -2.13. The smallest absolute Gasteiger partial charge is 0.223 e. The maximum Gasteiger partial charge on any atom is 0.223 e. The number of amides is 1. The fourth-order valence-corrected chi connectivity index (χ4v) is 3.04. The van der Waals surface area contributed by atoms with Crippen molar-refractivity contribution in [2.24, 2.45) is 0 Å². The van der Waals surface area contributed by atoms with Crippen LogP contribution in [0.4, 0.5) is 0 Å². The zero-order chi connectivity index (χ0) is 13.1. The molecule has 1 aromatic rings. The molecular formula is C14H21N3O2. The highest BCUT2D eigenvalue weighted by Crippen LogP contribution is 2.33. The van der Waals surface area contributed by atoms with Crippen molar-refractivity contribution in [3.05, 3.63) is 11.8 Å². The van der Waals surface area contributed by atoms with E-state index in [0.29, 0.717) is 24.7 Å². The van der Waals surface area contributed by atoms with E-state index in [4.69, 9.17) is 4.42 Å². The van der Waals surface area contributed by atoms with Gasteiger partial charge in [-0.1, -0.05) is 12.8 Å². The summed E-state index contributed by atoms with van der Waals surface area (Å²) in [5.41, 5.74) is 0. The molecule has 0 unspecified atom stereocenters. The summed E-state index contributed by atoms with van der Waals surface area (Å²) in [6.45, 7) is 1.83. The Labute approximate surface area is 113 Å². The Bertz CT molecular complexity index is 432. The lowest BCUT2D eigenvalue weighted by atomic mass is 10.1. The van der Waals surface area contributed by atoms with Crippen molar-refractivity contribution in [1.29, 1.82) is 0 Å². The van der Waals surface area contributed by atoms with Crippen LogP contribution >= 0.6 is 0 Å². The second-order valence-corrected chi connectivity index (χ2v) is 5.60. The number of likely N-dealkylation sites (tertiary alicyclic amines) is 1. The van der Waals surface area contributed by atoms with Crippen LogP contribution in [-0.4, -0.2) is 34.1 Å². The predicted molar refractivity (Wildman–Crippen MR) is 69.6 cm³/mol. The number of carbonyl (C=O) groups is 1. The van der Waals surface area contributed by atoms with E-state index < -0.39 is 0 Å². The van der Waals surface area contributed by atoms with Gasteiger partial charge in [0.25, 0.3) is 0 Å². The molecule has 0 radical (unpaired) electrons. The van der Waals surface area contributed by atoms with E-state index >= 15 is 0 Å². The number of aryl methyl sites for hydroxylation is 1. The molecule has 2 aliphatic rings. The summed E-state index contributed by atoms with van der Waals surface area (Å²) < 4.78 is 5.69.